The van der Waals surface area contributed by atoms with Crippen molar-refractivity contribution in [1.82, 2.24) is 0 Å². The van der Waals surface area contributed by atoms with Gasteiger partial charge in [0.25, 0.3) is 0 Å². The fraction of sp³-hybridized carbons (Fsp3) is 0.667. The van der Waals surface area contributed by atoms with Crippen LogP contribution in [0.15, 0.2) is 24.3 Å². The van der Waals surface area contributed by atoms with Crippen molar-refractivity contribution in [2.24, 2.45) is 5.92 Å². The van der Waals surface area contributed by atoms with Gasteiger partial charge < -0.3 is 5.11 Å². The third-order valence-corrected chi connectivity index (χ3v) is 4.77. The molecule has 0 aliphatic heterocycles. The molecule has 0 saturated heterocycles. The quantitative estimate of drug-likeness (QED) is 0.770. The molecule has 2 unspecified atom stereocenters. The molecule has 1 aromatic carbocycles. The van der Waals surface area contributed by atoms with Crippen LogP contribution >= 0.6 is 0 Å². The second-order valence-electron chi connectivity index (χ2n) is 6.17. The minimum absolute atomic E-state index is 0.575. The van der Waals surface area contributed by atoms with Gasteiger partial charge in [0, 0.05) is 0 Å². The molecule has 0 radical (unpaired) electrons. The van der Waals surface area contributed by atoms with E-state index in [4.69, 9.17) is 0 Å². The summed E-state index contributed by atoms with van der Waals surface area (Å²) in [4.78, 5) is 0. The summed E-state index contributed by atoms with van der Waals surface area (Å²) in [6.07, 6.45) is 9.16. The van der Waals surface area contributed by atoms with Gasteiger partial charge in [0.15, 0.2) is 0 Å². The van der Waals surface area contributed by atoms with E-state index in [-0.39, 0.29) is 0 Å². The van der Waals surface area contributed by atoms with Crippen LogP contribution in [0.4, 0.5) is 0 Å². The standard InChI is InChI=1S/C18H28O/c1-3-6-16-7-5-13-18(19,14-12-16)17-10-8-15(4-2)9-11-17/h8-11,16,19H,3-7,12-14H2,1-2H3. The molecule has 1 heteroatoms. The number of benzene rings is 1. The fourth-order valence-electron chi connectivity index (χ4n) is 3.43. The van der Waals surface area contributed by atoms with Crippen molar-refractivity contribution in [3.05, 3.63) is 35.4 Å². The number of hydrogen-bond donors (Lipinski definition) is 1. The highest BCUT2D eigenvalue weighted by molar-refractivity contribution is 5.27. The molecule has 1 aliphatic rings. The zero-order valence-corrected chi connectivity index (χ0v) is 12.5. The van der Waals surface area contributed by atoms with Gasteiger partial charge in [-0.1, -0.05) is 57.4 Å². The Hall–Kier alpha value is -0.820. The van der Waals surface area contributed by atoms with Crippen LogP contribution in [0.3, 0.4) is 0 Å². The molecule has 1 fully saturated rings. The molecule has 1 N–H and O–H groups in total. The van der Waals surface area contributed by atoms with Gasteiger partial charge in [0.1, 0.15) is 0 Å². The topological polar surface area (TPSA) is 20.2 Å². The molecule has 1 aromatic rings. The Balaban J connectivity index is 2.08. The van der Waals surface area contributed by atoms with Crippen LogP contribution in [-0.2, 0) is 12.0 Å². The SMILES string of the molecule is CCCC1CCCC(O)(c2ccc(CC)cc2)CC1. The summed E-state index contributed by atoms with van der Waals surface area (Å²) in [6, 6.07) is 8.61. The average Bonchev–Trinajstić information content (AvgIpc) is 2.63. The van der Waals surface area contributed by atoms with Gasteiger partial charge in [-0.05, 0) is 49.1 Å². The Morgan fingerprint density at radius 2 is 1.84 bits per heavy atom. The monoisotopic (exact) mass is 260 g/mol. The average molecular weight is 260 g/mol. The molecule has 19 heavy (non-hydrogen) atoms. The molecule has 2 atom stereocenters. The summed E-state index contributed by atoms with van der Waals surface area (Å²) in [5.74, 6) is 0.828. The van der Waals surface area contributed by atoms with Gasteiger partial charge >= 0.3 is 0 Å². The zero-order chi connectivity index (χ0) is 13.7. The van der Waals surface area contributed by atoms with E-state index >= 15 is 0 Å². The van der Waals surface area contributed by atoms with E-state index in [0.29, 0.717) is 0 Å². The summed E-state index contributed by atoms with van der Waals surface area (Å²) in [5.41, 5.74) is 1.90. The lowest BCUT2D eigenvalue weighted by molar-refractivity contribution is 0.0195. The van der Waals surface area contributed by atoms with Crippen LogP contribution in [0.2, 0.25) is 0 Å². The van der Waals surface area contributed by atoms with Gasteiger partial charge in [-0.25, -0.2) is 0 Å². The number of rotatable bonds is 4. The number of aryl methyl sites for hydroxylation is 1. The van der Waals surface area contributed by atoms with Gasteiger partial charge in [-0.2, -0.15) is 0 Å². The van der Waals surface area contributed by atoms with Crippen LogP contribution in [0, 0.1) is 5.92 Å². The molecule has 0 amide bonds. The minimum Gasteiger partial charge on any atom is -0.385 e. The van der Waals surface area contributed by atoms with Crippen LogP contribution in [-0.4, -0.2) is 5.11 Å². The van der Waals surface area contributed by atoms with Gasteiger partial charge in [0.05, 0.1) is 5.60 Å². The summed E-state index contributed by atoms with van der Waals surface area (Å²) in [5, 5.41) is 11.0. The maximum absolute atomic E-state index is 11.0. The van der Waals surface area contributed by atoms with Crippen molar-refractivity contribution >= 4 is 0 Å². The molecule has 0 aromatic heterocycles. The Morgan fingerprint density at radius 1 is 1.11 bits per heavy atom. The van der Waals surface area contributed by atoms with Crippen molar-refractivity contribution in [2.75, 3.05) is 0 Å². The van der Waals surface area contributed by atoms with Crippen LogP contribution in [0.25, 0.3) is 0 Å². The first-order valence-corrected chi connectivity index (χ1v) is 7.99. The summed E-state index contributed by atoms with van der Waals surface area (Å²) < 4.78 is 0. The summed E-state index contributed by atoms with van der Waals surface area (Å²) in [6.45, 7) is 4.44. The van der Waals surface area contributed by atoms with Gasteiger partial charge in [-0.3, -0.25) is 0 Å². The minimum atomic E-state index is -0.575. The van der Waals surface area contributed by atoms with Gasteiger partial charge in [0.2, 0.25) is 0 Å². The second kappa shape index (κ2) is 6.56. The number of hydrogen-bond acceptors (Lipinski definition) is 1. The Bertz CT molecular complexity index is 381. The van der Waals surface area contributed by atoms with Crippen LogP contribution < -0.4 is 0 Å². The lowest BCUT2D eigenvalue weighted by atomic mass is 9.85. The van der Waals surface area contributed by atoms with E-state index in [1.807, 2.05) is 0 Å². The van der Waals surface area contributed by atoms with Crippen molar-refractivity contribution in [1.29, 1.82) is 0 Å². The highest BCUT2D eigenvalue weighted by atomic mass is 16.3. The van der Waals surface area contributed by atoms with E-state index in [0.717, 1.165) is 37.2 Å². The van der Waals surface area contributed by atoms with Crippen LogP contribution in [0.5, 0.6) is 0 Å². The number of aliphatic hydroxyl groups is 1. The Morgan fingerprint density at radius 3 is 2.47 bits per heavy atom. The zero-order valence-electron chi connectivity index (χ0n) is 12.5. The van der Waals surface area contributed by atoms with E-state index in [1.54, 1.807) is 0 Å². The molecule has 0 heterocycles. The van der Waals surface area contributed by atoms with Gasteiger partial charge in [-0.15, -0.1) is 0 Å². The Labute approximate surface area is 118 Å². The van der Waals surface area contributed by atoms with Crippen molar-refractivity contribution in [2.45, 2.75) is 70.8 Å². The first-order valence-electron chi connectivity index (χ1n) is 7.99. The summed E-state index contributed by atoms with van der Waals surface area (Å²) >= 11 is 0. The molecule has 1 aliphatic carbocycles. The molecule has 106 valence electrons. The summed E-state index contributed by atoms with van der Waals surface area (Å²) in [7, 11) is 0. The molecule has 0 spiro atoms. The molecule has 1 saturated carbocycles. The predicted octanol–water partition coefficient (Wildman–Crippen LogP) is 4.82. The first-order chi connectivity index (χ1) is 9.18. The van der Waals surface area contributed by atoms with E-state index in [9.17, 15) is 5.11 Å². The van der Waals surface area contributed by atoms with E-state index in [1.165, 1.54) is 31.2 Å². The van der Waals surface area contributed by atoms with Crippen molar-refractivity contribution in [3.63, 3.8) is 0 Å². The van der Waals surface area contributed by atoms with Crippen LogP contribution in [0.1, 0.15) is 69.9 Å². The lowest BCUT2D eigenvalue weighted by Gasteiger charge is -2.27. The molecular weight excluding hydrogens is 232 g/mol. The van der Waals surface area contributed by atoms with Crippen molar-refractivity contribution < 1.29 is 5.11 Å². The normalized spacial score (nSPS) is 28.1. The second-order valence-corrected chi connectivity index (χ2v) is 6.17. The first kappa shape index (κ1) is 14.6. The molecule has 2 rings (SSSR count). The predicted molar refractivity (Wildman–Crippen MR) is 81.2 cm³/mol. The van der Waals surface area contributed by atoms with E-state index in [2.05, 4.69) is 38.1 Å². The highest BCUT2D eigenvalue weighted by Crippen LogP contribution is 2.39. The maximum Gasteiger partial charge on any atom is 0.0896 e. The van der Waals surface area contributed by atoms with E-state index < -0.39 is 5.60 Å². The molecular formula is C18H28O. The van der Waals surface area contributed by atoms with Crippen molar-refractivity contribution in [3.8, 4) is 0 Å². The highest BCUT2D eigenvalue weighted by Gasteiger charge is 2.32. The Kier molecular flexibility index (Phi) is 5.04. The third kappa shape index (κ3) is 3.60. The largest absolute Gasteiger partial charge is 0.385 e. The molecule has 1 nitrogen and oxygen atoms in total. The smallest absolute Gasteiger partial charge is 0.0896 e. The molecule has 0 bridgehead atoms. The maximum atomic E-state index is 11.0. The lowest BCUT2D eigenvalue weighted by Crippen LogP contribution is -2.24. The fourth-order valence-corrected chi connectivity index (χ4v) is 3.43. The third-order valence-electron chi connectivity index (χ3n) is 4.77.